The minimum absolute atomic E-state index is 0.0355. The van der Waals surface area contributed by atoms with Crippen molar-refractivity contribution in [3.05, 3.63) is 274 Å². The summed E-state index contributed by atoms with van der Waals surface area (Å²) in [5.41, 5.74) is 36.1. The first-order valence-corrected chi connectivity index (χ1v) is 35.1. The van der Waals surface area contributed by atoms with Crippen LogP contribution in [0.5, 0.6) is 0 Å². The van der Waals surface area contributed by atoms with Gasteiger partial charge in [-0.05, 0) is 103 Å². The van der Waals surface area contributed by atoms with Crippen molar-refractivity contribution in [2.45, 2.75) is 110 Å². The van der Waals surface area contributed by atoms with Crippen LogP contribution in [0.2, 0.25) is 0 Å². The number of fused-ring (bicyclic) bond motifs is 4. The predicted molar refractivity (Wildman–Crippen MR) is 406 cm³/mol. The molecule has 13 aromatic rings. The van der Waals surface area contributed by atoms with Gasteiger partial charge in [-0.3, -0.25) is 14.4 Å². The van der Waals surface area contributed by atoms with Crippen LogP contribution in [0, 0.1) is 20.8 Å². The number of nitrogen functional groups attached to an aromatic ring is 3. The first-order chi connectivity index (χ1) is 51.2. The molecule has 0 radical (unpaired) electrons. The second-order valence-electron chi connectivity index (χ2n) is 26.4. The number of benzene rings is 7. The first-order valence-electron chi connectivity index (χ1n) is 35.1. The van der Waals surface area contributed by atoms with Gasteiger partial charge in [0, 0.05) is 72.5 Å². The molecule has 16 rings (SSSR count). The zero-order valence-electron chi connectivity index (χ0n) is 58.6. The molecule has 3 aliphatic carbocycles. The van der Waals surface area contributed by atoms with E-state index in [1.807, 2.05) is 176 Å². The molecule has 105 heavy (non-hydrogen) atoms. The molecule has 0 fully saturated rings. The largest absolute Gasteiger partial charge is 0.383 e. The van der Waals surface area contributed by atoms with Crippen LogP contribution in [0.4, 0.5) is 21.8 Å². The molecule has 0 saturated carbocycles. The SMILES string of the molecule is CCCOC1C=CC(n2nc(-c3ccc(CNC(=O)c4ccccc4C)cc3)c3c(N)ncnc32)C1.Cc1ccccc1C(=O)NCc1ccc(-c2nn(C3C=CC(F)C3)c3ncnc(N)c23)cc1.Cc1ccccc1C(=O)NCc1ccc(-c2nn(C3CCc4ccccc43)c3ncnc(N)c23)cc1. The topological polar surface area (TPSA) is 305 Å². The minimum Gasteiger partial charge on any atom is -0.383 e. The van der Waals surface area contributed by atoms with Gasteiger partial charge in [-0.25, -0.2) is 48.3 Å². The van der Waals surface area contributed by atoms with Crippen LogP contribution < -0.4 is 33.2 Å². The molecule has 6 aromatic heterocycles. The lowest BCUT2D eigenvalue weighted by atomic mass is 10.1. The summed E-state index contributed by atoms with van der Waals surface area (Å²) in [5.74, 6) is 0.872. The van der Waals surface area contributed by atoms with Gasteiger partial charge in [0.1, 0.15) is 59.7 Å². The van der Waals surface area contributed by atoms with Crippen LogP contribution in [0.15, 0.2) is 213 Å². The number of rotatable bonds is 18. The van der Waals surface area contributed by atoms with Crippen LogP contribution in [0.25, 0.3) is 66.9 Å². The Hall–Kier alpha value is -12.6. The number of anilines is 3. The van der Waals surface area contributed by atoms with Crippen molar-refractivity contribution >= 4 is 68.3 Å². The average Bonchev–Trinajstić information content (AvgIpc) is 1.62. The molecule has 22 nitrogen and oxygen atoms in total. The number of aromatic nitrogens is 12. The summed E-state index contributed by atoms with van der Waals surface area (Å²) in [7, 11) is 0. The summed E-state index contributed by atoms with van der Waals surface area (Å²) in [5, 5.41) is 25.8. The highest BCUT2D eigenvalue weighted by Crippen LogP contribution is 2.41. The summed E-state index contributed by atoms with van der Waals surface area (Å²) in [6.07, 6.45) is 15.1. The van der Waals surface area contributed by atoms with Gasteiger partial charge >= 0.3 is 0 Å². The van der Waals surface area contributed by atoms with E-state index in [1.165, 1.54) is 30.1 Å². The monoisotopic (exact) mass is 1400 g/mol. The fraction of sp³-hybridized carbons (Fsp3) is 0.220. The first kappa shape index (κ1) is 69.5. The maximum absolute atomic E-state index is 13.8. The smallest absolute Gasteiger partial charge is 0.251 e. The summed E-state index contributed by atoms with van der Waals surface area (Å²) in [6.45, 7) is 9.89. The molecule has 7 aromatic carbocycles. The average molecular weight is 1400 g/mol. The number of ether oxygens (including phenoxy) is 1. The van der Waals surface area contributed by atoms with Gasteiger partial charge in [-0.15, -0.1) is 0 Å². The number of carbonyl (C=O) groups excluding carboxylic acids is 3. The highest BCUT2D eigenvalue weighted by molar-refractivity contribution is 6.01. The second kappa shape index (κ2) is 30.9. The Morgan fingerprint density at radius 1 is 0.467 bits per heavy atom. The number of halogens is 1. The maximum atomic E-state index is 13.8. The van der Waals surface area contributed by atoms with Gasteiger partial charge in [0.2, 0.25) is 0 Å². The van der Waals surface area contributed by atoms with E-state index in [0.29, 0.717) is 82.6 Å². The number of allylic oxidation sites excluding steroid dienone is 3. The lowest BCUT2D eigenvalue weighted by Crippen LogP contribution is -2.23. The number of hydrogen-bond acceptors (Lipinski definition) is 16. The van der Waals surface area contributed by atoms with Crippen LogP contribution in [0.3, 0.4) is 0 Å². The van der Waals surface area contributed by atoms with Crippen molar-refractivity contribution in [2.24, 2.45) is 0 Å². The molecule has 3 amide bonds. The molecule has 0 bridgehead atoms. The molecule has 0 spiro atoms. The standard InChI is InChI=1S/C29H26N6O.C28H30N6O2.C25H23FN6O/c1-18-6-2-4-8-22(18)29(36)31-16-19-10-12-21(13-11-19)26-25-27(30)32-17-33-28(25)35(34-26)24-15-14-20-7-3-5-9-23(20)24;1-3-14-36-22-13-12-21(15-22)34-27-24(26(29)31-17-32-27)25(33-34)20-10-8-19(9-11-20)16-30-28(35)23-7-5-4-6-18(23)2;1-15-4-2-3-5-20(15)25(33)28-13-16-6-8-17(9-7-16)22-21-23(27)29-14-30-24(21)32(31-22)19-11-10-18(26)12-19/h2-13,17,24H,14-16H2,1H3,(H,31,36)(H2,30,32,33);4-13,17,21-22H,3,14-16H2,1-2H3,(H,30,35)(H2,29,31,32);2-11,14,18-19H,12-13H2,1H3,(H,28,33)(H2,27,29,30). The molecule has 528 valence electrons. The summed E-state index contributed by atoms with van der Waals surface area (Å²) in [4.78, 5) is 63.6. The number of alkyl halides is 1. The zero-order chi connectivity index (χ0) is 72.7. The van der Waals surface area contributed by atoms with Crippen LogP contribution in [0.1, 0.15) is 126 Å². The highest BCUT2D eigenvalue weighted by Gasteiger charge is 2.31. The number of amides is 3. The molecule has 5 atom stereocenters. The number of carbonyl (C=O) groups is 3. The molecule has 0 aliphatic heterocycles. The quantitative estimate of drug-likeness (QED) is 0.0435. The molecule has 6 heterocycles. The van der Waals surface area contributed by atoms with E-state index in [1.54, 1.807) is 16.8 Å². The van der Waals surface area contributed by atoms with Crippen LogP contribution in [-0.4, -0.2) is 95.8 Å². The van der Waals surface area contributed by atoms with Crippen LogP contribution >= 0.6 is 0 Å². The maximum Gasteiger partial charge on any atom is 0.251 e. The molecular formula is C82H79FN18O4. The van der Waals surface area contributed by atoms with Crippen LogP contribution in [-0.2, 0) is 30.8 Å². The van der Waals surface area contributed by atoms with Gasteiger partial charge in [0.15, 0.2) is 16.9 Å². The van der Waals surface area contributed by atoms with E-state index in [9.17, 15) is 18.8 Å². The van der Waals surface area contributed by atoms with Crippen molar-refractivity contribution in [1.29, 1.82) is 0 Å². The molecule has 23 heteroatoms. The van der Waals surface area contributed by atoms with Gasteiger partial charge in [-0.2, -0.15) is 15.3 Å². The van der Waals surface area contributed by atoms with E-state index < -0.39 is 6.17 Å². The van der Waals surface area contributed by atoms with Crippen molar-refractivity contribution in [2.75, 3.05) is 23.8 Å². The summed E-state index contributed by atoms with van der Waals surface area (Å²) in [6, 6.07) is 54.8. The molecule has 0 saturated heterocycles. The molecule has 9 N–H and O–H groups in total. The molecular weight excluding hydrogens is 1320 g/mol. The third-order valence-electron chi connectivity index (χ3n) is 19.4. The number of nitrogens with one attached hydrogen (secondary N) is 3. The lowest BCUT2D eigenvalue weighted by molar-refractivity contribution is 0.0799. The highest BCUT2D eigenvalue weighted by atomic mass is 19.1. The third kappa shape index (κ3) is 14.9. The van der Waals surface area contributed by atoms with E-state index >= 15 is 0 Å². The van der Waals surface area contributed by atoms with Crippen molar-refractivity contribution in [3.63, 3.8) is 0 Å². The van der Waals surface area contributed by atoms with E-state index in [0.717, 1.165) is 110 Å². The van der Waals surface area contributed by atoms with E-state index in [4.69, 9.17) is 37.2 Å². The van der Waals surface area contributed by atoms with Crippen molar-refractivity contribution in [3.8, 4) is 33.8 Å². The fourth-order valence-electron chi connectivity index (χ4n) is 13.8. The summed E-state index contributed by atoms with van der Waals surface area (Å²) >= 11 is 0. The Balaban J connectivity index is 0.000000133. The summed E-state index contributed by atoms with van der Waals surface area (Å²) < 4.78 is 25.3. The molecule has 3 aliphatic rings. The second-order valence-corrected chi connectivity index (χ2v) is 26.4. The van der Waals surface area contributed by atoms with Gasteiger partial charge in [0.25, 0.3) is 17.7 Å². The lowest BCUT2D eigenvalue weighted by Gasteiger charge is -2.13. The Morgan fingerprint density at radius 3 is 1.26 bits per heavy atom. The fourth-order valence-corrected chi connectivity index (χ4v) is 13.8. The Bertz CT molecular complexity index is 5420. The van der Waals surface area contributed by atoms with Crippen molar-refractivity contribution < 1.29 is 23.5 Å². The van der Waals surface area contributed by atoms with Gasteiger partial charge < -0.3 is 37.9 Å². The van der Waals surface area contributed by atoms with E-state index in [2.05, 4.69) is 89.2 Å². The predicted octanol–water partition coefficient (Wildman–Crippen LogP) is 13.6. The number of aryl methyl sites for hydroxylation is 4. The Morgan fingerprint density at radius 2 is 0.848 bits per heavy atom. The normalized spacial score (nSPS) is 16.4. The number of nitrogens with two attached hydrogens (primary N) is 3. The van der Waals surface area contributed by atoms with Gasteiger partial charge in [0.05, 0.1) is 40.4 Å². The minimum atomic E-state index is -0.994. The number of hydrogen-bond donors (Lipinski definition) is 6. The third-order valence-corrected chi connectivity index (χ3v) is 19.4. The zero-order valence-corrected chi connectivity index (χ0v) is 58.6. The number of nitrogens with zero attached hydrogens (tertiary/aromatic N) is 12. The molecule has 5 unspecified atom stereocenters. The van der Waals surface area contributed by atoms with Crippen molar-refractivity contribution in [1.82, 2.24) is 75.2 Å². The Kier molecular flexibility index (Phi) is 20.4. The Labute approximate surface area is 605 Å². The van der Waals surface area contributed by atoms with Gasteiger partial charge in [-0.1, -0.05) is 183 Å². The van der Waals surface area contributed by atoms with E-state index in [-0.39, 0.29) is 42.0 Å².